The van der Waals surface area contributed by atoms with Crippen LogP contribution in [-0.4, -0.2) is 24.7 Å². The normalized spacial score (nSPS) is 12.1. The van der Waals surface area contributed by atoms with Crippen LogP contribution in [-0.2, 0) is 21.4 Å². The van der Waals surface area contributed by atoms with Crippen molar-refractivity contribution in [3.8, 4) is 0 Å². The Morgan fingerprint density at radius 1 is 1.53 bits per heavy atom. The van der Waals surface area contributed by atoms with E-state index in [1.807, 2.05) is 33.8 Å². The van der Waals surface area contributed by atoms with Crippen LogP contribution in [0.15, 0.2) is 10.6 Å². The summed E-state index contributed by atoms with van der Waals surface area (Å²) in [5.74, 6) is 0.961. The Morgan fingerprint density at radius 2 is 2.18 bits per heavy atom. The van der Waals surface area contributed by atoms with E-state index in [-0.39, 0.29) is 17.1 Å². The van der Waals surface area contributed by atoms with Crippen LogP contribution in [0, 0.1) is 5.92 Å². The maximum atomic E-state index is 11.6. The third-order valence-corrected chi connectivity index (χ3v) is 2.73. The van der Waals surface area contributed by atoms with E-state index in [1.165, 1.54) is 0 Å². The summed E-state index contributed by atoms with van der Waals surface area (Å²) in [5, 5.41) is 3.94. The predicted molar refractivity (Wildman–Crippen MR) is 65.0 cm³/mol. The fraction of sp³-hybridized carbons (Fsp3) is 0.692. The Balaban J connectivity index is 2.75. The highest BCUT2D eigenvalue weighted by Crippen LogP contribution is 2.24. The van der Waals surface area contributed by atoms with E-state index in [0.29, 0.717) is 18.7 Å². The molecule has 0 amide bonds. The van der Waals surface area contributed by atoms with Gasteiger partial charge in [0, 0.05) is 24.5 Å². The molecule has 0 saturated carbocycles. The fourth-order valence-electron chi connectivity index (χ4n) is 1.53. The minimum atomic E-state index is -0.221. The number of methoxy groups -OCH3 is 1. The van der Waals surface area contributed by atoms with Gasteiger partial charge in [-0.05, 0) is 0 Å². The van der Waals surface area contributed by atoms with Crippen LogP contribution in [0.25, 0.3) is 0 Å². The van der Waals surface area contributed by atoms with Crippen molar-refractivity contribution in [2.45, 2.75) is 39.5 Å². The summed E-state index contributed by atoms with van der Waals surface area (Å²) in [6.07, 6.45) is 0.338. The number of carbonyl (C=O) groups excluding carboxylic acids is 1. The molecular formula is C13H21NO3. The average molecular weight is 239 g/mol. The molecule has 0 radical (unpaired) electrons. The molecular weight excluding hydrogens is 218 g/mol. The van der Waals surface area contributed by atoms with Gasteiger partial charge in [-0.2, -0.15) is 0 Å². The summed E-state index contributed by atoms with van der Waals surface area (Å²) in [4.78, 5) is 11.6. The van der Waals surface area contributed by atoms with Gasteiger partial charge in [0.1, 0.15) is 11.5 Å². The highest BCUT2D eigenvalue weighted by atomic mass is 16.5. The number of carbonyl (C=O) groups is 1. The van der Waals surface area contributed by atoms with Gasteiger partial charge in [-0.15, -0.1) is 0 Å². The first-order valence-electron chi connectivity index (χ1n) is 5.84. The van der Waals surface area contributed by atoms with Gasteiger partial charge in [-0.1, -0.05) is 32.9 Å². The van der Waals surface area contributed by atoms with E-state index >= 15 is 0 Å². The lowest BCUT2D eigenvalue weighted by Crippen LogP contribution is -2.22. The summed E-state index contributed by atoms with van der Waals surface area (Å²) >= 11 is 0. The molecule has 0 unspecified atom stereocenters. The second kappa shape index (κ2) is 5.45. The summed E-state index contributed by atoms with van der Waals surface area (Å²) < 4.78 is 10.4. The summed E-state index contributed by atoms with van der Waals surface area (Å²) in [6.45, 7) is 8.37. The molecule has 1 aromatic heterocycles. The molecule has 1 heterocycles. The van der Waals surface area contributed by atoms with E-state index in [0.717, 1.165) is 5.76 Å². The number of hydrogen-bond donors (Lipinski definition) is 0. The van der Waals surface area contributed by atoms with Gasteiger partial charge in [0.05, 0.1) is 18.7 Å². The van der Waals surface area contributed by atoms with Crippen LogP contribution in [0.5, 0.6) is 0 Å². The minimum absolute atomic E-state index is 0.0298. The van der Waals surface area contributed by atoms with E-state index in [9.17, 15) is 4.79 Å². The van der Waals surface area contributed by atoms with Gasteiger partial charge in [0.25, 0.3) is 0 Å². The minimum Gasteiger partial charge on any atom is -0.384 e. The monoisotopic (exact) mass is 239 g/mol. The SMILES string of the molecule is COCC(C)(C)c1cc(CC(=O)C(C)C)no1. The Kier molecular flexibility index (Phi) is 4.46. The zero-order chi connectivity index (χ0) is 13.1. The second-order valence-electron chi connectivity index (χ2n) is 5.30. The van der Waals surface area contributed by atoms with E-state index in [2.05, 4.69) is 5.16 Å². The molecule has 4 nitrogen and oxygen atoms in total. The molecule has 0 bridgehead atoms. The molecule has 1 rings (SSSR count). The van der Waals surface area contributed by atoms with Crippen LogP contribution < -0.4 is 0 Å². The van der Waals surface area contributed by atoms with Gasteiger partial charge >= 0.3 is 0 Å². The predicted octanol–water partition coefficient (Wildman–Crippen LogP) is 2.37. The standard InChI is InChI=1S/C13H21NO3/c1-9(2)11(15)6-10-7-12(17-14-10)13(3,4)8-16-5/h7,9H,6,8H2,1-5H3. The molecule has 0 N–H and O–H groups in total. The lowest BCUT2D eigenvalue weighted by molar-refractivity contribution is -0.121. The topological polar surface area (TPSA) is 52.3 Å². The van der Waals surface area contributed by atoms with Crippen molar-refractivity contribution in [2.75, 3.05) is 13.7 Å². The molecule has 0 spiro atoms. The van der Waals surface area contributed by atoms with Crippen LogP contribution in [0.4, 0.5) is 0 Å². The van der Waals surface area contributed by atoms with Crippen molar-refractivity contribution >= 4 is 5.78 Å². The average Bonchev–Trinajstić information content (AvgIpc) is 2.66. The molecule has 0 saturated heterocycles. The quantitative estimate of drug-likeness (QED) is 0.764. The molecule has 0 fully saturated rings. The zero-order valence-electron chi connectivity index (χ0n) is 11.2. The Hall–Kier alpha value is -1.16. The molecule has 0 aliphatic rings. The fourth-order valence-corrected chi connectivity index (χ4v) is 1.53. The second-order valence-corrected chi connectivity index (χ2v) is 5.30. The van der Waals surface area contributed by atoms with Gasteiger partial charge in [-0.25, -0.2) is 0 Å². The first-order chi connectivity index (χ1) is 7.86. The molecule has 17 heavy (non-hydrogen) atoms. The van der Waals surface area contributed by atoms with Crippen molar-refractivity contribution in [1.29, 1.82) is 0 Å². The number of ether oxygens (including phenoxy) is 1. The maximum absolute atomic E-state index is 11.6. The first-order valence-corrected chi connectivity index (χ1v) is 5.84. The summed E-state index contributed by atoms with van der Waals surface area (Å²) in [7, 11) is 1.65. The molecule has 1 aromatic rings. The molecule has 4 heteroatoms. The van der Waals surface area contributed by atoms with Crippen molar-refractivity contribution in [1.82, 2.24) is 5.16 Å². The van der Waals surface area contributed by atoms with Gasteiger partial charge in [0.15, 0.2) is 0 Å². The molecule has 0 atom stereocenters. The lowest BCUT2D eigenvalue weighted by Gasteiger charge is -2.19. The molecule has 96 valence electrons. The third-order valence-electron chi connectivity index (χ3n) is 2.73. The van der Waals surface area contributed by atoms with Crippen LogP contribution in [0.1, 0.15) is 39.1 Å². The molecule has 0 aromatic carbocycles. The van der Waals surface area contributed by atoms with E-state index < -0.39 is 0 Å². The molecule has 0 aliphatic heterocycles. The van der Waals surface area contributed by atoms with Gasteiger partial charge in [0.2, 0.25) is 0 Å². The Bertz CT molecular complexity index is 380. The Labute approximate surface area is 102 Å². The van der Waals surface area contributed by atoms with Crippen LogP contribution in [0.2, 0.25) is 0 Å². The van der Waals surface area contributed by atoms with Crippen molar-refractivity contribution in [3.05, 3.63) is 17.5 Å². The van der Waals surface area contributed by atoms with E-state index in [1.54, 1.807) is 7.11 Å². The molecule has 0 aliphatic carbocycles. The number of ketones is 1. The maximum Gasteiger partial charge on any atom is 0.144 e. The first kappa shape index (κ1) is 13.9. The summed E-state index contributed by atoms with van der Waals surface area (Å²) in [6, 6.07) is 1.85. The van der Waals surface area contributed by atoms with Crippen molar-refractivity contribution in [2.24, 2.45) is 5.92 Å². The van der Waals surface area contributed by atoms with Crippen molar-refractivity contribution < 1.29 is 14.1 Å². The number of aromatic nitrogens is 1. The highest BCUT2D eigenvalue weighted by Gasteiger charge is 2.26. The Morgan fingerprint density at radius 3 is 2.71 bits per heavy atom. The number of rotatable bonds is 6. The lowest BCUT2D eigenvalue weighted by atomic mass is 9.91. The zero-order valence-corrected chi connectivity index (χ0v) is 11.2. The number of Topliss-reactive ketones (excluding diaryl/α,β-unsaturated/α-hetero) is 1. The smallest absolute Gasteiger partial charge is 0.144 e. The third kappa shape index (κ3) is 3.66. The van der Waals surface area contributed by atoms with Crippen LogP contribution >= 0.6 is 0 Å². The van der Waals surface area contributed by atoms with Crippen molar-refractivity contribution in [3.63, 3.8) is 0 Å². The highest BCUT2D eigenvalue weighted by molar-refractivity contribution is 5.82. The van der Waals surface area contributed by atoms with Gasteiger partial charge < -0.3 is 9.26 Å². The largest absolute Gasteiger partial charge is 0.384 e. The van der Waals surface area contributed by atoms with E-state index in [4.69, 9.17) is 9.26 Å². The number of hydrogen-bond acceptors (Lipinski definition) is 4. The van der Waals surface area contributed by atoms with Crippen LogP contribution in [0.3, 0.4) is 0 Å². The van der Waals surface area contributed by atoms with Gasteiger partial charge in [-0.3, -0.25) is 4.79 Å². The summed E-state index contributed by atoms with van der Waals surface area (Å²) in [5.41, 5.74) is 0.476. The number of nitrogens with zero attached hydrogens (tertiary/aromatic N) is 1.